The van der Waals surface area contributed by atoms with E-state index in [1.165, 1.54) is 0 Å². The summed E-state index contributed by atoms with van der Waals surface area (Å²) in [5.74, 6) is 0. The number of halogens is 1. The topological polar surface area (TPSA) is 29.7 Å². The summed E-state index contributed by atoms with van der Waals surface area (Å²) < 4.78 is 2.06. The maximum atomic E-state index is 5.96. The van der Waals surface area contributed by atoms with Crippen LogP contribution in [-0.4, -0.2) is 15.6 Å². The van der Waals surface area contributed by atoms with Gasteiger partial charge in [0.2, 0.25) is 0 Å². The van der Waals surface area contributed by atoms with Crippen LogP contribution in [-0.2, 0) is 0 Å². The zero-order valence-corrected chi connectivity index (χ0v) is 14.9. The Morgan fingerprint density at radius 1 is 1.08 bits per heavy atom. The van der Waals surface area contributed by atoms with Gasteiger partial charge in [0, 0.05) is 21.5 Å². The monoisotopic (exact) mass is 369 g/mol. The van der Waals surface area contributed by atoms with Crippen LogP contribution < -0.4 is 0 Å². The predicted octanol–water partition coefficient (Wildman–Crippen LogP) is 5.95. The van der Waals surface area contributed by atoms with Crippen LogP contribution in [0, 0.1) is 0 Å². The highest BCUT2D eigenvalue weighted by atomic mass is 35.5. The molecule has 0 saturated carbocycles. The molecule has 0 radical (unpaired) electrons. The summed E-state index contributed by atoms with van der Waals surface area (Å²) >= 11 is 9.19. The van der Waals surface area contributed by atoms with Crippen molar-refractivity contribution in [3.05, 3.63) is 76.9 Å². The fraction of sp³-hybridized carbons (Fsp3) is 0. The molecule has 0 atom stereocenters. The zero-order chi connectivity index (χ0) is 16.4. The number of nitrogens with zero attached hydrogens (tertiary/aromatic N) is 3. The molecule has 6 heteroatoms. The maximum absolute atomic E-state index is 5.96. The van der Waals surface area contributed by atoms with E-state index < -0.39 is 0 Å². The SMILES string of the molecule is Clc1ccc(Sc2nc3sccn3c2C=Nc2ccccc2)cc1. The molecule has 0 fully saturated rings. The van der Waals surface area contributed by atoms with Gasteiger partial charge in [-0.2, -0.15) is 0 Å². The Kier molecular flexibility index (Phi) is 4.38. The number of para-hydroxylation sites is 1. The van der Waals surface area contributed by atoms with E-state index >= 15 is 0 Å². The van der Waals surface area contributed by atoms with E-state index in [0.717, 1.165) is 31.3 Å². The van der Waals surface area contributed by atoms with E-state index in [0.29, 0.717) is 0 Å². The van der Waals surface area contributed by atoms with Crippen molar-refractivity contribution in [1.82, 2.24) is 9.38 Å². The van der Waals surface area contributed by atoms with Crippen LogP contribution in [0.15, 0.2) is 81.1 Å². The van der Waals surface area contributed by atoms with Crippen molar-refractivity contribution in [1.29, 1.82) is 0 Å². The third kappa shape index (κ3) is 3.24. The Labute approximate surface area is 152 Å². The third-order valence-corrected chi connectivity index (χ3v) is 5.40. The lowest BCUT2D eigenvalue weighted by atomic mass is 10.3. The number of aromatic nitrogens is 2. The van der Waals surface area contributed by atoms with E-state index in [2.05, 4.69) is 9.39 Å². The summed E-state index contributed by atoms with van der Waals surface area (Å²) in [4.78, 5) is 11.4. The lowest BCUT2D eigenvalue weighted by molar-refractivity contribution is 1.17. The van der Waals surface area contributed by atoms with Crippen molar-refractivity contribution in [2.24, 2.45) is 4.99 Å². The highest BCUT2D eigenvalue weighted by molar-refractivity contribution is 7.99. The number of imidazole rings is 1. The highest BCUT2D eigenvalue weighted by Gasteiger charge is 2.13. The summed E-state index contributed by atoms with van der Waals surface area (Å²) in [6.07, 6.45) is 3.89. The van der Waals surface area contributed by atoms with Crippen LogP contribution in [0.2, 0.25) is 5.02 Å². The van der Waals surface area contributed by atoms with Crippen molar-refractivity contribution < 1.29 is 0 Å². The Hall–Kier alpha value is -2.08. The summed E-state index contributed by atoms with van der Waals surface area (Å²) in [5, 5.41) is 3.69. The van der Waals surface area contributed by atoms with Gasteiger partial charge in [-0.15, -0.1) is 11.3 Å². The zero-order valence-electron chi connectivity index (χ0n) is 12.5. The molecule has 0 spiro atoms. The second-order valence-electron chi connectivity index (χ2n) is 5.01. The molecule has 0 N–H and O–H groups in total. The lowest BCUT2D eigenvalue weighted by Crippen LogP contribution is -1.89. The molecule has 4 aromatic rings. The Balaban J connectivity index is 1.71. The molecule has 24 heavy (non-hydrogen) atoms. The Bertz CT molecular complexity index is 988. The average molecular weight is 370 g/mol. The number of rotatable bonds is 4. The minimum atomic E-state index is 0.732. The fourth-order valence-corrected chi connectivity index (χ4v) is 4.03. The second kappa shape index (κ2) is 6.81. The van der Waals surface area contributed by atoms with Gasteiger partial charge in [-0.1, -0.05) is 41.6 Å². The quantitative estimate of drug-likeness (QED) is 0.416. The first kappa shape index (κ1) is 15.4. The Morgan fingerprint density at radius 3 is 2.67 bits per heavy atom. The van der Waals surface area contributed by atoms with E-state index in [-0.39, 0.29) is 0 Å². The molecule has 0 amide bonds. The molecule has 0 unspecified atom stereocenters. The molecule has 4 rings (SSSR count). The van der Waals surface area contributed by atoms with Crippen molar-refractivity contribution in [2.45, 2.75) is 9.92 Å². The molecular weight excluding hydrogens is 358 g/mol. The van der Waals surface area contributed by atoms with Crippen LogP contribution >= 0.6 is 34.7 Å². The van der Waals surface area contributed by atoms with Gasteiger partial charge >= 0.3 is 0 Å². The van der Waals surface area contributed by atoms with Gasteiger partial charge < -0.3 is 0 Å². The number of benzene rings is 2. The molecule has 3 nitrogen and oxygen atoms in total. The average Bonchev–Trinajstić information content (AvgIpc) is 3.17. The first-order chi connectivity index (χ1) is 11.8. The van der Waals surface area contributed by atoms with Crippen molar-refractivity contribution >= 4 is 51.6 Å². The van der Waals surface area contributed by atoms with Crippen LogP contribution in [0.5, 0.6) is 0 Å². The van der Waals surface area contributed by atoms with Gasteiger partial charge in [0.05, 0.1) is 17.6 Å². The standard InChI is InChI=1S/C18H12ClN3S2/c19-13-6-8-15(9-7-13)24-17-16(22-10-11-23-18(22)21-17)12-20-14-4-2-1-3-5-14/h1-12H. The molecule has 0 saturated heterocycles. The van der Waals surface area contributed by atoms with E-state index in [1.54, 1.807) is 23.1 Å². The van der Waals surface area contributed by atoms with Gasteiger partial charge in [0.15, 0.2) is 4.96 Å². The van der Waals surface area contributed by atoms with Gasteiger partial charge in [0.25, 0.3) is 0 Å². The number of thiazole rings is 1. The first-order valence-electron chi connectivity index (χ1n) is 7.28. The summed E-state index contributed by atoms with van der Waals surface area (Å²) in [7, 11) is 0. The third-order valence-electron chi connectivity index (χ3n) is 3.39. The van der Waals surface area contributed by atoms with E-state index in [1.807, 2.05) is 72.4 Å². The molecule has 0 aliphatic rings. The molecule has 2 heterocycles. The maximum Gasteiger partial charge on any atom is 0.195 e. The van der Waals surface area contributed by atoms with Gasteiger partial charge in [0.1, 0.15) is 5.03 Å². The van der Waals surface area contributed by atoms with Gasteiger partial charge in [-0.05, 0) is 36.4 Å². The Morgan fingerprint density at radius 2 is 1.88 bits per heavy atom. The highest BCUT2D eigenvalue weighted by Crippen LogP contribution is 2.32. The first-order valence-corrected chi connectivity index (χ1v) is 9.35. The smallest absolute Gasteiger partial charge is 0.195 e. The molecule has 118 valence electrons. The van der Waals surface area contributed by atoms with Gasteiger partial charge in [-0.25, -0.2) is 4.98 Å². The van der Waals surface area contributed by atoms with E-state index in [9.17, 15) is 0 Å². The number of hydrogen-bond acceptors (Lipinski definition) is 4. The molecule has 0 bridgehead atoms. The van der Waals surface area contributed by atoms with Crippen molar-refractivity contribution in [3.8, 4) is 0 Å². The number of hydrogen-bond donors (Lipinski definition) is 0. The normalized spacial score (nSPS) is 11.5. The van der Waals surface area contributed by atoms with E-state index in [4.69, 9.17) is 16.6 Å². The molecule has 2 aromatic carbocycles. The largest absolute Gasteiger partial charge is 0.288 e. The molecule has 2 aromatic heterocycles. The summed E-state index contributed by atoms with van der Waals surface area (Å²) in [6.45, 7) is 0. The number of aliphatic imine (C=N–C) groups is 1. The predicted molar refractivity (Wildman–Crippen MR) is 102 cm³/mol. The summed E-state index contributed by atoms with van der Waals surface area (Å²) in [5.41, 5.74) is 1.90. The lowest BCUT2D eigenvalue weighted by Gasteiger charge is -2.00. The summed E-state index contributed by atoms with van der Waals surface area (Å²) in [6, 6.07) is 17.7. The van der Waals surface area contributed by atoms with Crippen molar-refractivity contribution in [2.75, 3.05) is 0 Å². The van der Waals surface area contributed by atoms with Crippen LogP contribution in [0.3, 0.4) is 0 Å². The van der Waals surface area contributed by atoms with Crippen LogP contribution in [0.1, 0.15) is 5.69 Å². The number of fused-ring (bicyclic) bond motifs is 1. The van der Waals surface area contributed by atoms with Crippen LogP contribution in [0.25, 0.3) is 4.96 Å². The molecular formula is C18H12ClN3S2. The minimum absolute atomic E-state index is 0.732. The molecule has 0 aliphatic heterocycles. The molecule has 0 aliphatic carbocycles. The van der Waals surface area contributed by atoms with Crippen molar-refractivity contribution in [3.63, 3.8) is 0 Å². The minimum Gasteiger partial charge on any atom is -0.288 e. The van der Waals surface area contributed by atoms with Gasteiger partial charge in [-0.3, -0.25) is 9.39 Å². The van der Waals surface area contributed by atoms with Crippen LogP contribution in [0.4, 0.5) is 5.69 Å². The second-order valence-corrected chi connectivity index (χ2v) is 7.38. The fourth-order valence-electron chi connectivity index (χ4n) is 2.24.